The van der Waals surface area contributed by atoms with Crippen LogP contribution in [0, 0.1) is 26.1 Å². The second kappa shape index (κ2) is 24.2. The Morgan fingerprint density at radius 1 is 0.568 bits per heavy atom. The highest BCUT2D eigenvalue weighted by Gasteiger charge is 2.61. The molecule has 1 aromatic heterocycles. The summed E-state index contributed by atoms with van der Waals surface area (Å²) in [6, 6.07) is 71.6. The van der Waals surface area contributed by atoms with Gasteiger partial charge in [0, 0.05) is 38.1 Å². The number of esters is 3. The molecule has 404 valence electrons. The number of hydrogen-bond donors (Lipinski definition) is 0. The Morgan fingerprint density at radius 3 is 1.36 bits per heavy atom. The molecule has 81 heavy (non-hydrogen) atoms. The van der Waals surface area contributed by atoms with Gasteiger partial charge in [-0.05, 0) is 80.1 Å². The Morgan fingerprint density at radius 2 is 0.963 bits per heavy atom. The predicted molar refractivity (Wildman–Crippen MR) is 309 cm³/mol. The van der Waals surface area contributed by atoms with Crippen LogP contribution in [-0.4, -0.2) is 49.4 Å². The number of nitrogens with zero attached hydrogens (tertiary/aromatic N) is 3. The van der Waals surface area contributed by atoms with Gasteiger partial charge in [0.1, 0.15) is 35.7 Å². The van der Waals surface area contributed by atoms with Gasteiger partial charge >= 0.3 is 17.9 Å². The maximum Gasteiger partial charge on any atom is 0.374 e. The first kappa shape index (κ1) is 54.7. The highest BCUT2D eigenvalue weighted by atomic mass is 32.2. The van der Waals surface area contributed by atoms with E-state index in [2.05, 4.69) is 0 Å². The maximum absolute atomic E-state index is 16.5. The highest BCUT2D eigenvalue weighted by molar-refractivity contribution is 8.01. The lowest BCUT2D eigenvalue weighted by Gasteiger charge is -2.53. The quantitative estimate of drug-likeness (QED) is 0.0133. The number of carbonyl (C=O) groups excluding carboxylic acids is 4. The summed E-state index contributed by atoms with van der Waals surface area (Å²) >= 11 is 1.36. The summed E-state index contributed by atoms with van der Waals surface area (Å²) in [7, 11) is 0. The van der Waals surface area contributed by atoms with Gasteiger partial charge in [-0.1, -0.05) is 182 Å². The molecule has 8 aromatic carbocycles. The fourth-order valence-corrected chi connectivity index (χ4v) is 16.5. The van der Waals surface area contributed by atoms with Gasteiger partial charge in [-0.25, -0.2) is 9.59 Å². The minimum absolute atomic E-state index is 0.00798. The van der Waals surface area contributed by atoms with Crippen molar-refractivity contribution in [3.8, 4) is 0 Å². The zero-order valence-electron chi connectivity index (χ0n) is 43.3. The molecule has 1 saturated heterocycles. The third kappa shape index (κ3) is 11.1. The standard InChI is InChI=1S/C64H50N3O12PS/c1-44(68)78-58(55-40-41-56(79-55)62(70)76-42-45-32-36-50(37-33-45)66(72)73)57-59(69)65(61(57)81-64(47-20-8-2-9-21-47,48-22-10-3-11-23-48)49-24-12-4-13-25-49)60(63(71)77-43-46-34-38-51(39-35-46)67(74)75)80(52-26-14-5-15-27-52,53-28-16-6-17-29-53)54-30-18-7-19-31-54/h2-41,57-58,61H,42-43H2,1H3. The smallest absolute Gasteiger partial charge is 0.374 e. The van der Waals surface area contributed by atoms with Crippen molar-refractivity contribution in [2.75, 3.05) is 0 Å². The van der Waals surface area contributed by atoms with E-state index in [1.807, 2.05) is 182 Å². The normalized spacial score (nSPS) is 14.4. The Bertz CT molecular complexity index is 3580. The molecule has 1 amide bonds. The van der Waals surface area contributed by atoms with Crippen LogP contribution < -0.4 is 15.9 Å². The Hall–Kier alpha value is -9.63. The Labute approximate surface area is 470 Å². The van der Waals surface area contributed by atoms with Crippen molar-refractivity contribution in [1.29, 1.82) is 0 Å². The lowest BCUT2D eigenvalue weighted by atomic mass is 9.84. The van der Waals surface area contributed by atoms with Crippen molar-refractivity contribution < 1.29 is 47.7 Å². The van der Waals surface area contributed by atoms with Crippen LogP contribution in [0.25, 0.3) is 0 Å². The van der Waals surface area contributed by atoms with Crippen LogP contribution in [0.2, 0.25) is 0 Å². The molecular weight excluding hydrogens is 1070 g/mol. The maximum atomic E-state index is 16.5. The topological polar surface area (TPSA) is 199 Å². The molecule has 1 fully saturated rings. The summed E-state index contributed by atoms with van der Waals surface area (Å²) in [4.78, 5) is 83.4. The molecule has 0 radical (unpaired) electrons. The number of benzene rings is 8. The van der Waals surface area contributed by atoms with Crippen LogP contribution in [0.3, 0.4) is 0 Å². The van der Waals surface area contributed by atoms with Crippen LogP contribution in [0.15, 0.2) is 247 Å². The number of nitro benzene ring substituents is 2. The van der Waals surface area contributed by atoms with E-state index in [1.165, 1.54) is 84.2 Å². The molecule has 15 nitrogen and oxygen atoms in total. The number of likely N-dealkylation sites (tertiary alicyclic amines) is 1. The fraction of sp³-hybridized carbons (Fsp3) is 0.109. The summed E-state index contributed by atoms with van der Waals surface area (Å²) < 4.78 is 23.3. The second-order valence-corrected chi connectivity index (χ2v) is 23.4. The fourth-order valence-electron chi connectivity index (χ4n) is 10.1. The number of hydrogen-bond acceptors (Lipinski definition) is 13. The van der Waals surface area contributed by atoms with Gasteiger partial charge < -0.3 is 18.6 Å². The largest absolute Gasteiger partial charge is 0.456 e. The average molecular weight is 1120 g/mol. The van der Waals surface area contributed by atoms with E-state index in [0.29, 0.717) is 27.0 Å². The second-order valence-electron chi connectivity index (χ2n) is 18.8. The van der Waals surface area contributed by atoms with Gasteiger partial charge in [0.2, 0.25) is 11.7 Å². The first-order chi connectivity index (χ1) is 39.4. The molecule has 0 N–H and O–H groups in total. The number of nitro groups is 2. The van der Waals surface area contributed by atoms with E-state index in [0.717, 1.165) is 16.7 Å². The van der Waals surface area contributed by atoms with Crippen molar-refractivity contribution in [3.05, 3.63) is 302 Å². The highest BCUT2D eigenvalue weighted by Crippen LogP contribution is 2.59. The van der Waals surface area contributed by atoms with Crippen LogP contribution in [-0.2, 0) is 46.6 Å². The van der Waals surface area contributed by atoms with Crippen molar-refractivity contribution in [3.63, 3.8) is 0 Å². The summed E-state index contributed by atoms with van der Waals surface area (Å²) in [5.41, 5.74) is 3.04. The number of non-ortho nitro benzene ring substituents is 2. The number of furan rings is 1. The molecule has 3 atom stereocenters. The van der Waals surface area contributed by atoms with Crippen molar-refractivity contribution >= 4 is 75.2 Å². The van der Waals surface area contributed by atoms with Crippen LogP contribution in [0.1, 0.15) is 57.2 Å². The molecule has 17 heteroatoms. The van der Waals surface area contributed by atoms with Gasteiger partial charge in [-0.3, -0.25) is 34.7 Å². The number of rotatable bonds is 20. The monoisotopic (exact) mass is 1120 g/mol. The number of thioether (sulfide) groups is 1. The average Bonchev–Trinajstić information content (AvgIpc) is 2.56. The summed E-state index contributed by atoms with van der Waals surface area (Å²) in [5.74, 6) is -4.88. The van der Waals surface area contributed by atoms with Gasteiger partial charge in [0.05, 0.1) is 14.6 Å². The Kier molecular flexibility index (Phi) is 16.3. The molecule has 0 aliphatic carbocycles. The zero-order valence-corrected chi connectivity index (χ0v) is 45.0. The summed E-state index contributed by atoms with van der Waals surface area (Å²) in [6.07, 6.45) is -1.52. The van der Waals surface area contributed by atoms with Crippen molar-refractivity contribution in [2.24, 2.45) is 5.92 Å². The number of ether oxygens (including phenoxy) is 3. The molecule has 10 rings (SSSR count). The first-order valence-electron chi connectivity index (χ1n) is 25.6. The molecule has 3 unspecified atom stereocenters. The van der Waals surface area contributed by atoms with Crippen molar-refractivity contribution in [2.45, 2.75) is 36.4 Å². The van der Waals surface area contributed by atoms with Gasteiger partial charge in [-0.15, -0.1) is 11.8 Å². The van der Waals surface area contributed by atoms with E-state index in [9.17, 15) is 29.8 Å². The molecule has 9 aromatic rings. The number of carbonyl (C=O) groups is 4. The lowest BCUT2D eigenvalue weighted by Crippen LogP contribution is -2.67. The van der Waals surface area contributed by atoms with E-state index in [-0.39, 0.29) is 41.5 Å². The van der Waals surface area contributed by atoms with Gasteiger partial charge in [0.25, 0.3) is 11.4 Å². The molecule has 1 aliphatic rings. The molecule has 0 bridgehead atoms. The first-order valence-corrected chi connectivity index (χ1v) is 28.3. The van der Waals surface area contributed by atoms with Crippen LogP contribution in [0.4, 0.5) is 11.4 Å². The Balaban J connectivity index is 1.22. The third-order valence-electron chi connectivity index (χ3n) is 13.8. The number of amides is 1. The van der Waals surface area contributed by atoms with E-state index in [1.54, 1.807) is 0 Å². The molecule has 2 heterocycles. The number of β-lactam (4-membered cyclic amide) rings is 1. The lowest BCUT2D eigenvalue weighted by molar-refractivity contribution is -0.385. The van der Waals surface area contributed by atoms with E-state index < -0.39 is 62.7 Å². The molecular formula is C64H50N3O12PS. The van der Waals surface area contributed by atoms with Crippen LogP contribution >= 0.6 is 18.6 Å². The molecule has 1 aliphatic heterocycles. The SMILES string of the molecule is CC(=O)OC(c1ccc(C(=O)OCc2ccc([N+](=O)[O-])cc2)o1)C1C(=O)N(C(C(=O)OCc2ccc([N+](=O)[O-])cc2)=P(c2ccccc2)(c2ccccc2)c2ccccc2)C1SC(c1ccccc1)(c1ccccc1)c1ccccc1. The summed E-state index contributed by atoms with van der Waals surface area (Å²) in [5, 5.41) is 23.9. The zero-order chi connectivity index (χ0) is 56.5. The third-order valence-corrected chi connectivity index (χ3v) is 19.9. The predicted octanol–water partition coefficient (Wildman–Crippen LogP) is 11.4. The minimum atomic E-state index is -3.63. The van der Waals surface area contributed by atoms with Gasteiger partial charge in [0.15, 0.2) is 6.10 Å². The van der Waals surface area contributed by atoms with E-state index in [4.69, 9.17) is 18.6 Å². The van der Waals surface area contributed by atoms with Gasteiger partial charge in [-0.2, -0.15) is 0 Å². The molecule has 0 spiro atoms. The van der Waals surface area contributed by atoms with Crippen LogP contribution in [0.5, 0.6) is 0 Å². The minimum Gasteiger partial charge on any atom is -0.456 e. The summed E-state index contributed by atoms with van der Waals surface area (Å²) in [6.45, 7) is -3.03. The van der Waals surface area contributed by atoms with E-state index >= 15 is 9.59 Å². The molecule has 0 saturated carbocycles. The van der Waals surface area contributed by atoms with Crippen molar-refractivity contribution in [1.82, 2.24) is 4.90 Å².